The fourth-order valence-electron chi connectivity index (χ4n) is 3.03. The first kappa shape index (κ1) is 19.2. The number of carboxylic acids is 1. The number of amides is 2. The van der Waals surface area contributed by atoms with E-state index in [4.69, 9.17) is 9.47 Å². The Labute approximate surface area is 161 Å². The van der Waals surface area contributed by atoms with Crippen LogP contribution in [0.25, 0.3) is 11.6 Å². The highest BCUT2D eigenvalue weighted by atomic mass is 16.5. The molecule has 2 amide bonds. The lowest BCUT2D eigenvalue weighted by Gasteiger charge is -2.28. The number of benzene rings is 2. The molecular weight excluding hydrogens is 362 g/mol. The second-order valence-electron chi connectivity index (χ2n) is 6.02. The van der Waals surface area contributed by atoms with Crippen molar-refractivity contribution >= 4 is 29.4 Å². The number of ether oxygens (including phenoxy) is 2. The van der Waals surface area contributed by atoms with Crippen molar-refractivity contribution in [1.82, 2.24) is 4.90 Å². The fourth-order valence-corrected chi connectivity index (χ4v) is 3.03. The van der Waals surface area contributed by atoms with Crippen molar-refractivity contribution in [2.45, 2.75) is 6.92 Å². The summed E-state index contributed by atoms with van der Waals surface area (Å²) in [6.07, 6.45) is 1.59. The second kappa shape index (κ2) is 7.96. The number of aliphatic carboxylic acids is 1. The molecule has 144 valence electrons. The Morgan fingerprint density at radius 3 is 2.43 bits per heavy atom. The largest absolute Gasteiger partial charge is 0.548 e. The van der Waals surface area contributed by atoms with E-state index in [1.165, 1.54) is 7.11 Å². The van der Waals surface area contributed by atoms with E-state index in [1.54, 1.807) is 48.5 Å². The van der Waals surface area contributed by atoms with Gasteiger partial charge >= 0.3 is 0 Å². The van der Waals surface area contributed by atoms with Crippen molar-refractivity contribution < 1.29 is 29.0 Å². The number of carbonyl (C=O) groups excluding carboxylic acids is 3. The third-order valence-electron chi connectivity index (χ3n) is 4.25. The van der Waals surface area contributed by atoms with E-state index in [0.717, 1.165) is 0 Å². The molecule has 0 radical (unpaired) electrons. The van der Waals surface area contributed by atoms with Crippen molar-refractivity contribution in [3.8, 4) is 11.5 Å². The van der Waals surface area contributed by atoms with Crippen LogP contribution >= 0.6 is 0 Å². The van der Waals surface area contributed by atoms with Crippen molar-refractivity contribution in [1.29, 1.82) is 0 Å². The molecule has 0 aromatic heterocycles. The van der Waals surface area contributed by atoms with Crippen LogP contribution in [0.1, 0.15) is 28.4 Å². The van der Waals surface area contributed by atoms with Gasteiger partial charge in [0.15, 0.2) is 11.5 Å². The maximum atomic E-state index is 12.9. The summed E-state index contributed by atoms with van der Waals surface area (Å²) in [7, 11) is 1.51. The zero-order chi connectivity index (χ0) is 20.3. The van der Waals surface area contributed by atoms with Crippen LogP contribution in [0.2, 0.25) is 0 Å². The molecule has 1 heterocycles. The van der Waals surface area contributed by atoms with Gasteiger partial charge in [0.2, 0.25) is 0 Å². The molecule has 0 unspecified atom stereocenters. The summed E-state index contributed by atoms with van der Waals surface area (Å²) in [5.74, 6) is -1.80. The normalized spacial score (nSPS) is 14.8. The highest BCUT2D eigenvalue weighted by molar-refractivity contribution is 6.34. The average molecular weight is 380 g/mol. The van der Waals surface area contributed by atoms with Crippen molar-refractivity contribution in [2.75, 3.05) is 20.3 Å². The monoisotopic (exact) mass is 380 g/mol. The zero-order valence-electron chi connectivity index (χ0n) is 15.4. The summed E-state index contributed by atoms with van der Waals surface area (Å²) >= 11 is 0. The highest BCUT2D eigenvalue weighted by Crippen LogP contribution is 2.33. The maximum Gasteiger partial charge on any atom is 0.261 e. The summed E-state index contributed by atoms with van der Waals surface area (Å²) in [6, 6.07) is 11.7. The van der Waals surface area contributed by atoms with Gasteiger partial charge in [-0.2, -0.15) is 0 Å². The van der Waals surface area contributed by atoms with E-state index in [1.807, 2.05) is 6.92 Å². The summed E-state index contributed by atoms with van der Waals surface area (Å²) in [4.78, 5) is 37.1. The van der Waals surface area contributed by atoms with Crippen LogP contribution in [0.4, 0.5) is 0 Å². The first-order valence-electron chi connectivity index (χ1n) is 8.64. The highest BCUT2D eigenvalue weighted by Gasteiger charge is 2.34. The number of hydrogen-bond donors (Lipinski definition) is 0. The first-order chi connectivity index (χ1) is 13.5. The molecule has 1 aliphatic rings. The van der Waals surface area contributed by atoms with E-state index in [-0.39, 0.29) is 11.1 Å². The van der Waals surface area contributed by atoms with Gasteiger partial charge in [0, 0.05) is 11.1 Å². The van der Waals surface area contributed by atoms with Gasteiger partial charge in [0.25, 0.3) is 11.8 Å². The van der Waals surface area contributed by atoms with Gasteiger partial charge in [0.05, 0.1) is 26.2 Å². The molecule has 7 nitrogen and oxygen atoms in total. The number of carbonyl (C=O) groups is 3. The lowest BCUT2D eigenvalue weighted by molar-refractivity contribution is -0.305. The maximum absolute atomic E-state index is 12.9. The van der Waals surface area contributed by atoms with E-state index < -0.39 is 24.3 Å². The molecule has 1 aliphatic heterocycles. The Balaban J connectivity index is 2.11. The van der Waals surface area contributed by atoms with Gasteiger partial charge in [-0.1, -0.05) is 24.3 Å². The Morgan fingerprint density at radius 2 is 1.79 bits per heavy atom. The molecule has 28 heavy (non-hydrogen) atoms. The van der Waals surface area contributed by atoms with Crippen LogP contribution in [0.5, 0.6) is 11.5 Å². The minimum atomic E-state index is -1.51. The number of methoxy groups -OCH3 is 1. The van der Waals surface area contributed by atoms with Crippen LogP contribution in [0, 0.1) is 0 Å². The van der Waals surface area contributed by atoms with Gasteiger partial charge in [-0.3, -0.25) is 14.5 Å². The number of carboxylic acid groups (broad SMARTS) is 1. The van der Waals surface area contributed by atoms with Crippen LogP contribution in [0.15, 0.2) is 42.5 Å². The van der Waals surface area contributed by atoms with Gasteiger partial charge in [-0.15, -0.1) is 0 Å². The van der Waals surface area contributed by atoms with Crippen LogP contribution in [-0.2, 0) is 9.59 Å². The summed E-state index contributed by atoms with van der Waals surface area (Å²) in [6.45, 7) is 1.52. The predicted molar refractivity (Wildman–Crippen MR) is 99.5 cm³/mol. The summed E-state index contributed by atoms with van der Waals surface area (Å²) < 4.78 is 10.8. The molecular formula is C21H18NO6-. The fraction of sp³-hybridized carbons (Fsp3) is 0.190. The zero-order valence-corrected chi connectivity index (χ0v) is 15.4. The Kier molecular flexibility index (Phi) is 5.44. The number of nitrogens with zero attached hydrogens (tertiary/aromatic N) is 1. The SMILES string of the molecule is CCOc1ccc(/C=C2\C(=O)N(CC(=O)[O-])C(=O)c3ccccc32)cc1OC. The van der Waals surface area contributed by atoms with Gasteiger partial charge in [-0.25, -0.2) is 0 Å². The Morgan fingerprint density at radius 1 is 1.07 bits per heavy atom. The molecule has 0 N–H and O–H groups in total. The van der Waals surface area contributed by atoms with Gasteiger partial charge < -0.3 is 19.4 Å². The molecule has 2 aromatic carbocycles. The third-order valence-corrected chi connectivity index (χ3v) is 4.25. The molecule has 7 heteroatoms. The van der Waals surface area contributed by atoms with Crippen molar-refractivity contribution in [3.05, 3.63) is 59.2 Å². The molecule has 0 aliphatic carbocycles. The minimum Gasteiger partial charge on any atom is -0.548 e. The summed E-state index contributed by atoms with van der Waals surface area (Å²) in [5, 5.41) is 11.0. The van der Waals surface area contributed by atoms with Crippen LogP contribution in [0.3, 0.4) is 0 Å². The standard InChI is InChI=1S/C21H19NO6/c1-3-28-17-9-8-13(11-18(17)27-2)10-16-14-6-4-5-7-15(14)20(25)22(21(16)26)12-19(23)24/h4-11H,3,12H2,1-2H3,(H,23,24)/p-1/b16-10-. The van der Waals surface area contributed by atoms with E-state index in [0.29, 0.717) is 34.1 Å². The molecule has 0 fully saturated rings. The minimum absolute atomic E-state index is 0.211. The molecule has 0 bridgehead atoms. The number of imide groups is 1. The van der Waals surface area contributed by atoms with E-state index in [9.17, 15) is 19.5 Å². The lowest BCUT2D eigenvalue weighted by Crippen LogP contribution is -2.47. The average Bonchev–Trinajstić information content (AvgIpc) is 2.69. The smallest absolute Gasteiger partial charge is 0.261 e. The first-order valence-corrected chi connectivity index (χ1v) is 8.64. The quantitative estimate of drug-likeness (QED) is 0.555. The third kappa shape index (κ3) is 3.59. The van der Waals surface area contributed by atoms with Crippen molar-refractivity contribution in [2.24, 2.45) is 0 Å². The van der Waals surface area contributed by atoms with Crippen LogP contribution in [-0.4, -0.2) is 42.9 Å². The number of rotatable bonds is 6. The summed E-state index contributed by atoms with van der Waals surface area (Å²) in [5.41, 5.74) is 1.55. The Hall–Kier alpha value is -3.61. The molecule has 0 atom stereocenters. The van der Waals surface area contributed by atoms with Crippen LogP contribution < -0.4 is 14.6 Å². The van der Waals surface area contributed by atoms with E-state index >= 15 is 0 Å². The van der Waals surface area contributed by atoms with Gasteiger partial charge in [0.1, 0.15) is 0 Å². The molecule has 0 saturated heterocycles. The molecule has 2 aromatic rings. The number of hydrogen-bond acceptors (Lipinski definition) is 6. The Bertz CT molecular complexity index is 979. The predicted octanol–water partition coefficient (Wildman–Crippen LogP) is 1.37. The van der Waals surface area contributed by atoms with E-state index in [2.05, 4.69) is 0 Å². The molecule has 0 saturated carbocycles. The van der Waals surface area contributed by atoms with Crippen molar-refractivity contribution in [3.63, 3.8) is 0 Å². The van der Waals surface area contributed by atoms with Gasteiger partial charge in [-0.05, 0) is 42.3 Å². The number of fused-ring (bicyclic) bond motifs is 1. The molecule has 0 spiro atoms. The topological polar surface area (TPSA) is 96.0 Å². The molecule has 3 rings (SSSR count). The second-order valence-corrected chi connectivity index (χ2v) is 6.02. The lowest BCUT2D eigenvalue weighted by atomic mass is 9.92.